The largest absolute Gasteiger partial charge is 0.456 e. The molecule has 0 atom stereocenters. The molecule has 168 valence electrons. The summed E-state index contributed by atoms with van der Waals surface area (Å²) in [5, 5.41) is 2.98. The van der Waals surface area contributed by atoms with E-state index in [1.165, 1.54) is 23.8 Å². The van der Waals surface area contributed by atoms with E-state index in [-0.39, 0.29) is 17.9 Å². The molecule has 0 aliphatic heterocycles. The molecule has 0 aliphatic carbocycles. The van der Waals surface area contributed by atoms with Crippen molar-refractivity contribution in [3.63, 3.8) is 0 Å². The van der Waals surface area contributed by atoms with Gasteiger partial charge in [-0.05, 0) is 41.7 Å². The lowest BCUT2D eigenvalue weighted by molar-refractivity contribution is -0.148. The fourth-order valence-corrected chi connectivity index (χ4v) is 4.02. The van der Waals surface area contributed by atoms with Crippen molar-refractivity contribution in [1.82, 2.24) is 10.0 Å². The highest BCUT2D eigenvalue weighted by molar-refractivity contribution is 7.89. The van der Waals surface area contributed by atoms with Crippen molar-refractivity contribution in [1.29, 1.82) is 0 Å². The Morgan fingerprint density at radius 3 is 2.42 bits per heavy atom. The van der Waals surface area contributed by atoms with Gasteiger partial charge in [-0.3, -0.25) is 9.59 Å². The van der Waals surface area contributed by atoms with Gasteiger partial charge in [0.05, 0.1) is 11.3 Å². The molecule has 1 amide bonds. The minimum atomic E-state index is -3.78. The third kappa shape index (κ3) is 8.69. The molecular weight excluding hydrogens is 440 g/mol. The van der Waals surface area contributed by atoms with Crippen molar-refractivity contribution in [2.75, 3.05) is 19.7 Å². The maximum atomic E-state index is 12.1. The summed E-state index contributed by atoms with van der Waals surface area (Å²) in [6.45, 7) is 4.13. The highest BCUT2D eigenvalue weighted by atomic mass is 35.5. The maximum absolute atomic E-state index is 12.1. The van der Waals surface area contributed by atoms with Crippen molar-refractivity contribution >= 4 is 33.5 Å². The number of sulfonamides is 1. The Hall–Kier alpha value is -2.42. The first-order valence-electron chi connectivity index (χ1n) is 9.94. The van der Waals surface area contributed by atoms with Crippen LogP contribution in [-0.2, 0) is 30.8 Å². The first kappa shape index (κ1) is 24.8. The fourth-order valence-electron chi connectivity index (χ4n) is 2.69. The summed E-state index contributed by atoms with van der Waals surface area (Å²) in [4.78, 5) is 23.6. The normalized spacial score (nSPS) is 11.4. The Morgan fingerprint density at radius 2 is 1.77 bits per heavy atom. The molecule has 2 aromatic carbocycles. The molecule has 0 fully saturated rings. The third-order valence-electron chi connectivity index (χ3n) is 4.47. The molecule has 0 radical (unpaired) electrons. The number of hydrogen-bond donors (Lipinski definition) is 2. The molecule has 0 aromatic heterocycles. The highest BCUT2D eigenvalue weighted by Crippen LogP contribution is 2.15. The summed E-state index contributed by atoms with van der Waals surface area (Å²) < 4.78 is 31.4. The Kier molecular flexibility index (Phi) is 9.48. The van der Waals surface area contributed by atoms with Crippen LogP contribution in [0, 0.1) is 0 Å². The molecule has 0 saturated carbocycles. The molecule has 0 spiro atoms. The molecule has 2 rings (SSSR count). The first-order chi connectivity index (χ1) is 14.7. The second-order valence-electron chi connectivity index (χ2n) is 7.26. The summed E-state index contributed by atoms with van der Waals surface area (Å²) >= 11 is 5.79. The van der Waals surface area contributed by atoms with Gasteiger partial charge >= 0.3 is 5.97 Å². The van der Waals surface area contributed by atoms with Gasteiger partial charge in [-0.2, -0.15) is 0 Å². The van der Waals surface area contributed by atoms with Crippen LogP contribution >= 0.6 is 11.6 Å². The van der Waals surface area contributed by atoms with Crippen LogP contribution in [-0.4, -0.2) is 40.0 Å². The number of carbonyl (C=O) groups is 2. The van der Waals surface area contributed by atoms with Gasteiger partial charge in [0.1, 0.15) is 0 Å². The average Bonchev–Trinajstić information content (AvgIpc) is 2.72. The molecule has 31 heavy (non-hydrogen) atoms. The number of rotatable bonds is 11. The number of ether oxygens (including phenoxy) is 1. The number of nitrogens with one attached hydrogen (secondary N) is 2. The number of amides is 1. The van der Waals surface area contributed by atoms with Gasteiger partial charge in [-0.15, -0.1) is 0 Å². The van der Waals surface area contributed by atoms with Gasteiger partial charge in [-0.25, -0.2) is 13.1 Å². The summed E-state index contributed by atoms with van der Waals surface area (Å²) in [6, 6.07) is 14.0. The minimum Gasteiger partial charge on any atom is -0.456 e. The SMILES string of the molecule is CC(C)c1ccc(CCNC(=O)COC(=O)CCNS(=O)(=O)c2cccc(Cl)c2)cc1. The molecule has 2 aromatic rings. The van der Waals surface area contributed by atoms with Gasteiger partial charge in [0.2, 0.25) is 10.0 Å². The van der Waals surface area contributed by atoms with E-state index < -0.39 is 28.5 Å². The quantitative estimate of drug-likeness (QED) is 0.495. The molecule has 0 aliphatic rings. The zero-order chi connectivity index (χ0) is 22.9. The smallest absolute Gasteiger partial charge is 0.307 e. The van der Waals surface area contributed by atoms with Crippen molar-refractivity contribution in [3.05, 3.63) is 64.7 Å². The molecule has 0 saturated heterocycles. The standard InChI is InChI=1S/C22H27ClN2O5S/c1-16(2)18-8-6-17(7-9-18)10-12-24-21(26)15-30-22(27)11-13-25-31(28,29)20-5-3-4-19(23)14-20/h3-9,14,16,25H,10-13,15H2,1-2H3,(H,24,26). The number of benzene rings is 2. The summed E-state index contributed by atoms with van der Waals surface area (Å²) in [7, 11) is -3.78. The zero-order valence-corrected chi connectivity index (χ0v) is 19.1. The van der Waals surface area contributed by atoms with Crippen LogP contribution in [0.15, 0.2) is 53.4 Å². The second-order valence-corrected chi connectivity index (χ2v) is 9.47. The first-order valence-corrected chi connectivity index (χ1v) is 11.8. The Labute approximate surface area is 188 Å². The van der Waals surface area contributed by atoms with Gasteiger partial charge in [0, 0.05) is 18.1 Å². The van der Waals surface area contributed by atoms with Gasteiger partial charge < -0.3 is 10.1 Å². The number of carbonyl (C=O) groups excluding carboxylic acids is 2. The molecular formula is C22H27ClN2O5S. The van der Waals surface area contributed by atoms with E-state index >= 15 is 0 Å². The van der Waals surface area contributed by atoms with Crippen molar-refractivity contribution in [2.24, 2.45) is 0 Å². The molecule has 0 heterocycles. The van der Waals surface area contributed by atoms with Crippen molar-refractivity contribution in [3.8, 4) is 0 Å². The van der Waals surface area contributed by atoms with E-state index in [4.69, 9.17) is 16.3 Å². The molecule has 0 unspecified atom stereocenters. The predicted molar refractivity (Wildman–Crippen MR) is 119 cm³/mol. The molecule has 7 nitrogen and oxygen atoms in total. The van der Waals surface area contributed by atoms with E-state index in [0.717, 1.165) is 5.56 Å². The maximum Gasteiger partial charge on any atom is 0.307 e. The Morgan fingerprint density at radius 1 is 1.06 bits per heavy atom. The minimum absolute atomic E-state index is 0.00610. The number of hydrogen-bond acceptors (Lipinski definition) is 5. The highest BCUT2D eigenvalue weighted by Gasteiger charge is 2.15. The van der Waals surface area contributed by atoms with Gasteiger partial charge in [0.25, 0.3) is 5.91 Å². The zero-order valence-electron chi connectivity index (χ0n) is 17.6. The fraction of sp³-hybridized carbons (Fsp3) is 0.364. The number of halogens is 1. The average molecular weight is 467 g/mol. The number of esters is 1. The van der Waals surface area contributed by atoms with Crippen LogP contribution < -0.4 is 10.0 Å². The lowest BCUT2D eigenvalue weighted by Gasteiger charge is -2.09. The Balaban J connectivity index is 1.63. The predicted octanol–water partition coefficient (Wildman–Crippen LogP) is 3.03. The monoisotopic (exact) mass is 466 g/mol. The van der Waals surface area contributed by atoms with Crippen LogP contribution in [0.3, 0.4) is 0 Å². The lowest BCUT2D eigenvalue weighted by Crippen LogP contribution is -2.31. The van der Waals surface area contributed by atoms with Crippen LogP contribution in [0.25, 0.3) is 0 Å². The summed E-state index contributed by atoms with van der Waals surface area (Å²) in [5.41, 5.74) is 2.36. The lowest BCUT2D eigenvalue weighted by atomic mass is 10.0. The van der Waals surface area contributed by atoms with Crippen molar-refractivity contribution < 1.29 is 22.7 Å². The topological polar surface area (TPSA) is 102 Å². The van der Waals surface area contributed by atoms with E-state index in [2.05, 4.69) is 36.0 Å². The Bertz CT molecular complexity index is 991. The molecule has 2 N–H and O–H groups in total. The van der Waals surface area contributed by atoms with Gasteiger partial charge in [0.15, 0.2) is 6.61 Å². The van der Waals surface area contributed by atoms with Crippen LogP contribution in [0.2, 0.25) is 5.02 Å². The summed E-state index contributed by atoms with van der Waals surface area (Å²) in [6.07, 6.45) is 0.471. The summed E-state index contributed by atoms with van der Waals surface area (Å²) in [5.74, 6) is -0.615. The van der Waals surface area contributed by atoms with E-state index in [1.54, 1.807) is 6.07 Å². The third-order valence-corrected chi connectivity index (χ3v) is 6.17. The second kappa shape index (κ2) is 11.8. The van der Waals surface area contributed by atoms with Crippen LogP contribution in [0.4, 0.5) is 0 Å². The molecule has 9 heteroatoms. The van der Waals surface area contributed by atoms with Gasteiger partial charge in [-0.1, -0.05) is 55.8 Å². The van der Waals surface area contributed by atoms with E-state index in [9.17, 15) is 18.0 Å². The van der Waals surface area contributed by atoms with Crippen LogP contribution in [0.1, 0.15) is 37.3 Å². The van der Waals surface area contributed by atoms with Crippen molar-refractivity contribution in [2.45, 2.75) is 37.5 Å². The van der Waals surface area contributed by atoms with Crippen LogP contribution in [0.5, 0.6) is 0 Å². The van der Waals surface area contributed by atoms with E-state index in [1.807, 2.05) is 12.1 Å². The molecule has 0 bridgehead atoms. The van der Waals surface area contributed by atoms with E-state index in [0.29, 0.717) is 23.9 Å².